The lowest BCUT2D eigenvalue weighted by Crippen LogP contribution is -2.59. The lowest BCUT2D eigenvalue weighted by atomic mass is 10.0. The summed E-state index contributed by atoms with van der Waals surface area (Å²) in [4.78, 5) is 125. The maximum absolute atomic E-state index is 13.5. The van der Waals surface area contributed by atoms with Crippen LogP contribution in [0.25, 0.3) is 0 Å². The molecule has 28 heteroatoms. The number of nitrogens with zero attached hydrogens (tertiary/aromatic N) is 2. The number of carbonyl (C=O) groups excluding carboxylic acids is 8. The van der Waals surface area contributed by atoms with E-state index in [1.54, 1.807) is 44.2 Å². The molecule has 0 spiro atoms. The van der Waals surface area contributed by atoms with Crippen molar-refractivity contribution in [1.82, 2.24) is 42.5 Å². The number of thiol groups is 3. The van der Waals surface area contributed by atoms with E-state index in [0.29, 0.717) is 12.0 Å². The Balaban J connectivity index is 2.99. The van der Waals surface area contributed by atoms with E-state index < -0.39 is 109 Å². The highest BCUT2D eigenvalue weighted by atomic mass is 32.1. The zero-order chi connectivity index (χ0) is 51.3. The molecular formula is C40H67N15O10S3. The van der Waals surface area contributed by atoms with Gasteiger partial charge in [0.25, 0.3) is 0 Å². The quantitative estimate of drug-likeness (QED) is 0.0139. The third-order valence-electron chi connectivity index (χ3n) is 9.45. The minimum Gasteiger partial charge on any atom is -0.480 e. The summed E-state index contributed by atoms with van der Waals surface area (Å²) < 4.78 is 0. The predicted octanol–water partition coefficient (Wildman–Crippen LogP) is -5.28. The molecule has 25 nitrogen and oxygen atoms in total. The second-order valence-electron chi connectivity index (χ2n) is 15.6. The van der Waals surface area contributed by atoms with Gasteiger partial charge in [-0.2, -0.15) is 37.9 Å². The Hall–Kier alpha value is -6.00. The fourth-order valence-electron chi connectivity index (χ4n) is 5.93. The van der Waals surface area contributed by atoms with E-state index in [2.05, 4.69) is 90.4 Å². The molecule has 0 bridgehead atoms. The first-order valence-electron chi connectivity index (χ1n) is 21.4. The van der Waals surface area contributed by atoms with Crippen LogP contribution in [0.3, 0.4) is 0 Å². The first kappa shape index (κ1) is 60.0. The second-order valence-corrected chi connectivity index (χ2v) is 16.7. The van der Waals surface area contributed by atoms with Crippen molar-refractivity contribution in [2.75, 3.05) is 43.4 Å². The topological polar surface area (TPSA) is 425 Å². The summed E-state index contributed by atoms with van der Waals surface area (Å²) in [6.45, 7) is 2.57. The minimum absolute atomic E-state index is 0.0211. The third kappa shape index (κ3) is 24.7. The molecule has 0 saturated carbocycles. The summed E-state index contributed by atoms with van der Waals surface area (Å²) in [5.74, 6) is -8.64. The lowest BCUT2D eigenvalue weighted by Gasteiger charge is -2.26. The van der Waals surface area contributed by atoms with Gasteiger partial charge in [-0.15, -0.1) is 0 Å². The molecule has 0 saturated heterocycles. The van der Waals surface area contributed by atoms with Crippen molar-refractivity contribution in [1.29, 1.82) is 0 Å². The summed E-state index contributed by atoms with van der Waals surface area (Å²) >= 11 is 12.3. The van der Waals surface area contributed by atoms with Crippen LogP contribution in [0, 0.1) is 5.92 Å². The van der Waals surface area contributed by atoms with Crippen LogP contribution in [0.5, 0.6) is 0 Å². The lowest BCUT2D eigenvalue weighted by molar-refractivity contribution is -0.141. The Morgan fingerprint density at radius 2 is 0.985 bits per heavy atom. The normalized spacial score (nSPS) is 13.9. The molecule has 0 unspecified atom stereocenters. The van der Waals surface area contributed by atoms with E-state index in [1.807, 2.05) is 0 Å². The van der Waals surface area contributed by atoms with Crippen LogP contribution in [-0.4, -0.2) is 156 Å². The second kappa shape index (κ2) is 32.7. The number of aliphatic carboxylic acids is 1. The molecular weight excluding hydrogens is 947 g/mol. The van der Waals surface area contributed by atoms with Crippen molar-refractivity contribution in [3.8, 4) is 0 Å². The van der Waals surface area contributed by atoms with Crippen molar-refractivity contribution in [2.45, 2.75) is 94.7 Å². The van der Waals surface area contributed by atoms with Crippen LogP contribution < -0.4 is 71.2 Å². The van der Waals surface area contributed by atoms with Crippen LogP contribution in [0.2, 0.25) is 0 Å². The van der Waals surface area contributed by atoms with Crippen LogP contribution in [0.4, 0.5) is 0 Å². The molecule has 380 valence electrons. The Bertz CT molecular complexity index is 1910. The summed E-state index contributed by atoms with van der Waals surface area (Å²) in [6.07, 6.45) is 0.862. The Labute approximate surface area is 410 Å². The van der Waals surface area contributed by atoms with Crippen molar-refractivity contribution in [3.05, 3.63) is 35.9 Å². The maximum Gasteiger partial charge on any atom is 0.327 e. The monoisotopic (exact) mass is 1010 g/mol. The maximum atomic E-state index is 13.5. The molecule has 19 N–H and O–H groups in total. The van der Waals surface area contributed by atoms with Crippen LogP contribution in [0.1, 0.15) is 51.5 Å². The number of aliphatic imine (C=N–C) groups is 2. The fraction of sp³-hybridized carbons (Fsp3) is 0.575. The number of carbonyl (C=O) groups is 9. The number of nitrogens with one attached hydrogen (secondary N) is 8. The van der Waals surface area contributed by atoms with Gasteiger partial charge in [0.1, 0.15) is 36.3 Å². The molecule has 0 aromatic heterocycles. The zero-order valence-electron chi connectivity index (χ0n) is 37.9. The largest absolute Gasteiger partial charge is 0.480 e. The molecule has 68 heavy (non-hydrogen) atoms. The Kier molecular flexibility index (Phi) is 28.8. The molecule has 8 amide bonds. The van der Waals surface area contributed by atoms with Crippen molar-refractivity contribution in [2.24, 2.45) is 44.6 Å². The Morgan fingerprint density at radius 3 is 1.49 bits per heavy atom. The van der Waals surface area contributed by atoms with Gasteiger partial charge in [-0.3, -0.25) is 48.3 Å². The van der Waals surface area contributed by atoms with E-state index in [-0.39, 0.29) is 80.3 Å². The summed E-state index contributed by atoms with van der Waals surface area (Å²) in [6, 6.07) is 0.0526. The van der Waals surface area contributed by atoms with Gasteiger partial charge in [-0.25, -0.2) is 4.79 Å². The van der Waals surface area contributed by atoms with Gasteiger partial charge in [0.15, 0.2) is 11.9 Å². The highest BCUT2D eigenvalue weighted by Crippen LogP contribution is 2.08. The standard InChI is InChI=1S/C40H67N15O10S3/c1-21(2)14-25(52-37(63)28(19-67)53-32(58)23(41)10-6-12-46-39(42)43)35(61)54-27(18-66)34(60)49-16-30(56)50-24(11-7-13-47-40(44)45)33(59)48-17-31(57)51-26(15-22-8-4-3-5-9-22)36(62)55-29(20-68)38(64)65/h3-5,8-9,21,23-29,66-68H,6-7,10-20,41H2,1-2H3,(H,48,59)(H,49,60)(H,50,56)(H,51,57)(H,52,63)(H,53,58)(H,54,61)(H,55,62)(H,64,65)(H4,42,43,46)(H4,44,45,47)/t23-,24-,25-,26-,27-,28-,29-/m0/s1. The number of hydrogen-bond acceptors (Lipinski definition) is 15. The molecule has 0 aliphatic heterocycles. The number of carboxylic acid groups (broad SMARTS) is 1. The number of amides is 8. The molecule has 0 aliphatic rings. The van der Waals surface area contributed by atoms with Gasteiger partial charge in [0, 0.05) is 36.8 Å². The highest BCUT2D eigenvalue weighted by molar-refractivity contribution is 7.80. The number of guanidine groups is 2. The molecule has 1 aromatic rings. The highest BCUT2D eigenvalue weighted by Gasteiger charge is 2.31. The van der Waals surface area contributed by atoms with E-state index in [0.717, 1.165) is 0 Å². The first-order valence-corrected chi connectivity index (χ1v) is 23.3. The van der Waals surface area contributed by atoms with E-state index in [4.69, 9.17) is 28.7 Å². The zero-order valence-corrected chi connectivity index (χ0v) is 40.6. The average Bonchev–Trinajstić information content (AvgIpc) is 3.28. The number of rotatable bonds is 32. The van der Waals surface area contributed by atoms with Crippen LogP contribution in [0.15, 0.2) is 40.3 Å². The third-order valence-corrected chi connectivity index (χ3v) is 10.5. The van der Waals surface area contributed by atoms with Gasteiger partial charge in [-0.05, 0) is 43.6 Å². The smallest absolute Gasteiger partial charge is 0.327 e. The summed E-state index contributed by atoms with van der Waals surface area (Å²) in [7, 11) is 0. The van der Waals surface area contributed by atoms with Crippen molar-refractivity contribution in [3.63, 3.8) is 0 Å². The molecule has 0 fully saturated rings. The Morgan fingerprint density at radius 1 is 0.559 bits per heavy atom. The molecule has 0 radical (unpaired) electrons. The van der Waals surface area contributed by atoms with E-state index in [9.17, 15) is 48.3 Å². The fourth-order valence-corrected chi connectivity index (χ4v) is 6.69. The van der Waals surface area contributed by atoms with Gasteiger partial charge < -0.3 is 76.3 Å². The SMILES string of the molecule is CC(C)C[C@H](NC(=O)[C@H](CS)NC(=O)[C@@H](N)CCCN=C(N)N)C(=O)N[C@@H](CS)C(=O)NCC(=O)N[C@@H](CCCN=C(N)N)C(=O)NCC(=O)N[C@@H](Cc1ccccc1)C(=O)N[C@@H](CS)C(=O)O. The van der Waals surface area contributed by atoms with Gasteiger partial charge in [0.2, 0.25) is 47.3 Å². The first-order chi connectivity index (χ1) is 32.1. The molecule has 0 aliphatic carbocycles. The number of benzene rings is 1. The predicted molar refractivity (Wildman–Crippen MR) is 264 cm³/mol. The number of nitrogens with two attached hydrogens (primary N) is 5. The van der Waals surface area contributed by atoms with E-state index in [1.165, 1.54) is 0 Å². The molecule has 0 heterocycles. The van der Waals surface area contributed by atoms with Crippen molar-refractivity contribution < 1.29 is 48.3 Å². The van der Waals surface area contributed by atoms with Crippen LogP contribution in [-0.2, 0) is 49.6 Å². The minimum atomic E-state index is -1.34. The van der Waals surface area contributed by atoms with Crippen molar-refractivity contribution >= 4 is 103 Å². The van der Waals surface area contributed by atoms with E-state index >= 15 is 0 Å². The van der Waals surface area contributed by atoms with Gasteiger partial charge >= 0.3 is 5.97 Å². The summed E-state index contributed by atoms with van der Waals surface area (Å²) in [5, 5.41) is 29.1. The number of hydrogen-bond donors (Lipinski definition) is 17. The van der Waals surface area contributed by atoms with Crippen LogP contribution >= 0.6 is 37.9 Å². The molecule has 1 aromatic carbocycles. The average molecular weight is 1010 g/mol. The summed E-state index contributed by atoms with van der Waals surface area (Å²) in [5.41, 5.74) is 28.0. The van der Waals surface area contributed by atoms with Gasteiger partial charge in [0.05, 0.1) is 19.1 Å². The number of carboxylic acids is 1. The molecule has 1 rings (SSSR count). The molecule has 7 atom stereocenters. The van der Waals surface area contributed by atoms with Gasteiger partial charge in [-0.1, -0.05) is 44.2 Å².